The van der Waals surface area contributed by atoms with Crippen molar-refractivity contribution in [3.05, 3.63) is 42.1 Å². The van der Waals surface area contributed by atoms with Crippen LogP contribution in [0.15, 0.2) is 31.0 Å². The number of nitriles is 1. The largest absolute Gasteiger partial charge is 0.480 e. The predicted octanol–water partition coefficient (Wildman–Crippen LogP) is 2.41. The average Bonchev–Trinajstić information content (AvgIpc) is 3.33. The lowest BCUT2D eigenvalue weighted by atomic mass is 10.1. The van der Waals surface area contributed by atoms with Crippen molar-refractivity contribution in [1.82, 2.24) is 28.8 Å². The summed E-state index contributed by atoms with van der Waals surface area (Å²) >= 11 is 0. The van der Waals surface area contributed by atoms with Crippen molar-refractivity contribution in [1.29, 1.82) is 5.26 Å². The summed E-state index contributed by atoms with van der Waals surface area (Å²) in [5, 5.41) is 12.2. The maximum atomic E-state index is 14.7. The molecule has 0 aliphatic carbocycles. The number of aromatic nitrogens is 5. The number of piperidine rings is 1. The number of hydrogen-bond acceptors (Lipinski definition) is 9. The minimum atomic E-state index is -4.82. The fourth-order valence-corrected chi connectivity index (χ4v) is 4.70. The van der Waals surface area contributed by atoms with Gasteiger partial charge in [0.2, 0.25) is 21.9 Å². The predicted molar refractivity (Wildman–Crippen MR) is 122 cm³/mol. The number of alkyl halides is 4. The van der Waals surface area contributed by atoms with Crippen molar-refractivity contribution in [3.63, 3.8) is 0 Å². The molecule has 16 heteroatoms. The van der Waals surface area contributed by atoms with Crippen LogP contribution in [0, 0.1) is 11.3 Å². The quantitative estimate of drug-likeness (QED) is 0.467. The van der Waals surface area contributed by atoms with E-state index in [9.17, 15) is 31.2 Å². The highest BCUT2D eigenvalue weighted by molar-refractivity contribution is 7.88. The van der Waals surface area contributed by atoms with Gasteiger partial charge in [0.15, 0.2) is 0 Å². The third-order valence-corrected chi connectivity index (χ3v) is 6.95. The molecule has 11 nitrogen and oxygen atoms in total. The number of sulfonamides is 1. The van der Waals surface area contributed by atoms with Gasteiger partial charge in [-0.25, -0.2) is 32.7 Å². The second kappa shape index (κ2) is 9.90. The van der Waals surface area contributed by atoms with Crippen LogP contribution >= 0.6 is 0 Å². The first-order valence-corrected chi connectivity index (χ1v) is 12.5. The van der Waals surface area contributed by atoms with E-state index >= 15 is 0 Å². The Kier molecular flexibility index (Phi) is 7.02. The third kappa shape index (κ3) is 5.47. The topological polar surface area (TPSA) is 139 Å². The van der Waals surface area contributed by atoms with Gasteiger partial charge in [-0.3, -0.25) is 0 Å². The summed E-state index contributed by atoms with van der Waals surface area (Å²) in [4.78, 5) is 15.6. The van der Waals surface area contributed by atoms with E-state index in [2.05, 4.69) is 25.3 Å². The van der Waals surface area contributed by atoms with Gasteiger partial charge in [-0.05, 0) is 12.5 Å². The molecular weight excluding hydrogens is 520 g/mol. The van der Waals surface area contributed by atoms with E-state index in [4.69, 9.17) is 4.74 Å². The monoisotopic (exact) mass is 540 g/mol. The van der Waals surface area contributed by atoms with E-state index in [-0.39, 0.29) is 41.7 Å². The molecule has 196 valence electrons. The number of hydrogen-bond donors (Lipinski definition) is 1. The number of anilines is 1. The van der Waals surface area contributed by atoms with Crippen molar-refractivity contribution in [3.8, 4) is 29.0 Å². The standard InChI is InChI=1S/C21H20F4N8O3S/c1-36-19-12(7-26)17(3-5-27-19)32-10-16(29-11-32)18-13(21(23,24)25)8-28-20(31-18)30-15-4-6-33(9-14(15)22)37(2,34)35/h3,5,8,10-11,14-15H,4,6,9H2,1-2H3,(H,28,30,31)/t14-,15+/m1/s1. The molecule has 0 bridgehead atoms. The molecule has 1 saturated heterocycles. The molecule has 1 aliphatic heterocycles. The van der Waals surface area contributed by atoms with Gasteiger partial charge in [0.1, 0.15) is 41.1 Å². The summed E-state index contributed by atoms with van der Waals surface area (Å²) in [6.45, 7) is -0.365. The number of nitrogens with zero attached hydrogens (tertiary/aromatic N) is 7. The van der Waals surface area contributed by atoms with E-state index in [1.54, 1.807) is 0 Å². The molecule has 0 unspecified atom stereocenters. The van der Waals surface area contributed by atoms with E-state index in [1.165, 1.54) is 36.5 Å². The molecule has 0 spiro atoms. The smallest absolute Gasteiger partial charge is 0.420 e. The zero-order chi connectivity index (χ0) is 27.0. The number of pyridine rings is 1. The molecule has 0 saturated carbocycles. The SMILES string of the molecule is COc1nccc(-n2cnc(-c3nc(N[C@H]4CCN(S(C)(=O)=O)C[C@H]4F)ncc3C(F)(F)F)c2)c1C#N. The maximum absolute atomic E-state index is 14.7. The zero-order valence-corrected chi connectivity index (χ0v) is 20.3. The zero-order valence-electron chi connectivity index (χ0n) is 19.4. The Morgan fingerprint density at radius 3 is 2.65 bits per heavy atom. The lowest BCUT2D eigenvalue weighted by Crippen LogP contribution is -2.49. The van der Waals surface area contributed by atoms with Crippen molar-refractivity contribution in [2.45, 2.75) is 24.8 Å². The molecule has 0 radical (unpaired) electrons. The Labute approximate surface area is 208 Å². The van der Waals surface area contributed by atoms with Crippen LogP contribution in [0.1, 0.15) is 17.5 Å². The molecule has 0 aromatic carbocycles. The van der Waals surface area contributed by atoms with Crippen LogP contribution < -0.4 is 10.1 Å². The summed E-state index contributed by atoms with van der Waals surface area (Å²) < 4.78 is 86.7. The first-order chi connectivity index (χ1) is 17.4. The van der Waals surface area contributed by atoms with Crippen LogP contribution in [0.3, 0.4) is 0 Å². The molecule has 1 N–H and O–H groups in total. The lowest BCUT2D eigenvalue weighted by Gasteiger charge is -2.33. The molecule has 4 rings (SSSR count). The minimum absolute atomic E-state index is 0.0300. The highest BCUT2D eigenvalue weighted by Gasteiger charge is 2.37. The van der Waals surface area contributed by atoms with Crippen LogP contribution in [0.5, 0.6) is 5.88 Å². The third-order valence-electron chi connectivity index (χ3n) is 5.68. The maximum Gasteiger partial charge on any atom is 0.420 e. The van der Waals surface area contributed by atoms with Gasteiger partial charge in [-0.2, -0.15) is 22.7 Å². The number of nitrogens with one attached hydrogen (secondary N) is 1. The van der Waals surface area contributed by atoms with E-state index < -0.39 is 46.2 Å². The number of imidazole rings is 1. The number of methoxy groups -OCH3 is 1. The Morgan fingerprint density at radius 2 is 2.03 bits per heavy atom. The van der Waals surface area contributed by atoms with Gasteiger partial charge in [0.05, 0.1) is 25.1 Å². The van der Waals surface area contributed by atoms with Crippen molar-refractivity contribution < 1.29 is 30.7 Å². The van der Waals surface area contributed by atoms with Crippen LogP contribution in [-0.2, 0) is 16.2 Å². The molecule has 3 aromatic heterocycles. The average molecular weight is 541 g/mol. The minimum Gasteiger partial charge on any atom is -0.480 e. The first-order valence-electron chi connectivity index (χ1n) is 10.7. The molecular formula is C21H20F4N8O3S. The summed E-state index contributed by atoms with van der Waals surface area (Å²) in [5.41, 5.74) is -1.59. The molecule has 0 amide bonds. The second-order valence-corrected chi connectivity index (χ2v) is 10.1. The van der Waals surface area contributed by atoms with Gasteiger partial charge in [-0.15, -0.1) is 0 Å². The molecule has 3 aromatic rings. The van der Waals surface area contributed by atoms with Gasteiger partial charge < -0.3 is 14.6 Å². The molecule has 1 fully saturated rings. The molecule has 4 heterocycles. The van der Waals surface area contributed by atoms with Crippen LogP contribution in [0.4, 0.5) is 23.5 Å². The van der Waals surface area contributed by atoms with E-state index in [1.807, 2.05) is 6.07 Å². The van der Waals surface area contributed by atoms with Gasteiger partial charge in [-0.1, -0.05) is 0 Å². The molecule has 1 aliphatic rings. The molecule has 2 atom stereocenters. The number of rotatable bonds is 6. The van der Waals surface area contributed by atoms with Gasteiger partial charge in [0.25, 0.3) is 0 Å². The summed E-state index contributed by atoms with van der Waals surface area (Å²) in [7, 11) is -2.26. The van der Waals surface area contributed by atoms with Crippen molar-refractivity contribution >= 4 is 16.0 Å². The number of halogens is 4. The Bertz CT molecular complexity index is 1450. The first kappa shape index (κ1) is 26.2. The highest BCUT2D eigenvalue weighted by atomic mass is 32.2. The highest BCUT2D eigenvalue weighted by Crippen LogP contribution is 2.36. The summed E-state index contributed by atoms with van der Waals surface area (Å²) in [6.07, 6.45) is -1.04. The van der Waals surface area contributed by atoms with Crippen LogP contribution in [0.2, 0.25) is 0 Å². The fourth-order valence-electron chi connectivity index (χ4n) is 3.85. The summed E-state index contributed by atoms with van der Waals surface area (Å²) in [5.74, 6) is -0.247. The Balaban J connectivity index is 1.68. The normalized spacial score (nSPS) is 18.8. The van der Waals surface area contributed by atoms with E-state index in [0.29, 0.717) is 6.20 Å². The van der Waals surface area contributed by atoms with Crippen molar-refractivity contribution in [2.75, 3.05) is 31.8 Å². The Morgan fingerprint density at radius 1 is 1.27 bits per heavy atom. The van der Waals surface area contributed by atoms with Gasteiger partial charge in [0, 0.05) is 31.7 Å². The lowest BCUT2D eigenvalue weighted by molar-refractivity contribution is -0.137. The number of ether oxygens (including phenoxy) is 1. The summed E-state index contributed by atoms with van der Waals surface area (Å²) in [6, 6.07) is 2.49. The van der Waals surface area contributed by atoms with Gasteiger partial charge >= 0.3 is 6.18 Å². The van der Waals surface area contributed by atoms with Crippen LogP contribution in [-0.4, -0.2) is 75.9 Å². The molecule has 37 heavy (non-hydrogen) atoms. The van der Waals surface area contributed by atoms with E-state index in [0.717, 1.165) is 10.6 Å². The fraction of sp³-hybridized carbons (Fsp3) is 0.381. The van der Waals surface area contributed by atoms with Crippen LogP contribution in [0.25, 0.3) is 17.1 Å². The Hall–Kier alpha value is -3.84. The second-order valence-electron chi connectivity index (χ2n) is 8.12. The van der Waals surface area contributed by atoms with Crippen molar-refractivity contribution in [2.24, 2.45) is 0 Å².